The molecular formula is C11H13ClN6OS. The van der Waals surface area contributed by atoms with Crippen molar-refractivity contribution in [3.05, 3.63) is 11.6 Å². The van der Waals surface area contributed by atoms with Crippen LogP contribution in [0.15, 0.2) is 6.33 Å². The van der Waals surface area contributed by atoms with Crippen molar-refractivity contribution in [2.45, 2.75) is 0 Å². The van der Waals surface area contributed by atoms with E-state index in [2.05, 4.69) is 25.3 Å². The summed E-state index contributed by atoms with van der Waals surface area (Å²) in [5, 5.41) is 3.13. The van der Waals surface area contributed by atoms with E-state index in [0.717, 1.165) is 0 Å². The first-order valence-corrected chi connectivity index (χ1v) is 8.01. The molecule has 106 valence electrons. The predicted octanol–water partition coefficient (Wildman–Crippen LogP) is 0.684. The highest BCUT2D eigenvalue weighted by molar-refractivity contribution is 7.85. The van der Waals surface area contributed by atoms with Crippen LogP contribution in [0.25, 0.3) is 11.0 Å². The maximum atomic E-state index is 11.5. The van der Waals surface area contributed by atoms with E-state index in [1.807, 2.05) is 4.90 Å². The lowest BCUT2D eigenvalue weighted by Crippen LogP contribution is -2.38. The van der Waals surface area contributed by atoms with E-state index in [9.17, 15) is 4.21 Å². The molecule has 2 aromatic heterocycles. The lowest BCUT2D eigenvalue weighted by molar-refractivity contribution is 0.672. The molecule has 1 aliphatic rings. The van der Waals surface area contributed by atoms with Crippen LogP contribution in [0.4, 0.5) is 11.6 Å². The van der Waals surface area contributed by atoms with Gasteiger partial charge in [0, 0.05) is 42.4 Å². The number of aromatic nitrogens is 4. The van der Waals surface area contributed by atoms with Gasteiger partial charge >= 0.3 is 0 Å². The Morgan fingerprint density at radius 2 is 2.00 bits per heavy atom. The Hall–Kier alpha value is -1.54. The van der Waals surface area contributed by atoms with E-state index >= 15 is 0 Å². The van der Waals surface area contributed by atoms with Gasteiger partial charge in [0.25, 0.3) is 0 Å². The average molecular weight is 313 g/mol. The molecule has 0 radical (unpaired) electrons. The first-order chi connectivity index (χ1) is 9.69. The standard InChI is InChI=1S/C11H13ClN6OS/c1-13-9-7-8(14-6-15-9)10(17-11(12)16-7)18-2-4-20(19)5-3-18/h6H,2-5H2,1H3,(H,13,14,15). The summed E-state index contributed by atoms with van der Waals surface area (Å²) in [6.45, 7) is 1.35. The third-order valence-corrected chi connectivity index (χ3v) is 4.60. The van der Waals surface area contributed by atoms with Crippen LogP contribution in [0, 0.1) is 0 Å². The number of nitrogens with zero attached hydrogens (tertiary/aromatic N) is 5. The van der Waals surface area contributed by atoms with Crippen molar-refractivity contribution in [2.75, 3.05) is 41.9 Å². The van der Waals surface area contributed by atoms with Gasteiger partial charge in [0.2, 0.25) is 5.28 Å². The Morgan fingerprint density at radius 3 is 2.70 bits per heavy atom. The zero-order valence-corrected chi connectivity index (χ0v) is 12.4. The summed E-state index contributed by atoms with van der Waals surface area (Å²) < 4.78 is 11.5. The number of nitrogens with one attached hydrogen (secondary N) is 1. The van der Waals surface area contributed by atoms with E-state index in [1.165, 1.54) is 6.33 Å². The molecule has 0 bridgehead atoms. The highest BCUT2D eigenvalue weighted by Crippen LogP contribution is 2.27. The fraction of sp³-hybridized carbons (Fsp3) is 0.455. The van der Waals surface area contributed by atoms with Crippen LogP contribution in [-0.2, 0) is 10.8 Å². The van der Waals surface area contributed by atoms with Crippen molar-refractivity contribution in [3.8, 4) is 0 Å². The van der Waals surface area contributed by atoms with Gasteiger partial charge < -0.3 is 10.2 Å². The van der Waals surface area contributed by atoms with Gasteiger partial charge in [-0.2, -0.15) is 4.98 Å². The Bertz CT molecular complexity index is 671. The molecule has 0 unspecified atom stereocenters. The van der Waals surface area contributed by atoms with Gasteiger partial charge in [-0.05, 0) is 11.6 Å². The molecule has 3 heterocycles. The quantitative estimate of drug-likeness (QED) is 0.816. The largest absolute Gasteiger partial charge is 0.371 e. The number of hydrogen-bond donors (Lipinski definition) is 1. The highest BCUT2D eigenvalue weighted by Gasteiger charge is 2.21. The minimum Gasteiger partial charge on any atom is -0.371 e. The van der Waals surface area contributed by atoms with Crippen molar-refractivity contribution in [3.63, 3.8) is 0 Å². The van der Waals surface area contributed by atoms with Crippen LogP contribution >= 0.6 is 11.6 Å². The molecule has 0 aliphatic carbocycles. The van der Waals surface area contributed by atoms with Crippen LogP contribution in [0.3, 0.4) is 0 Å². The Morgan fingerprint density at radius 1 is 1.25 bits per heavy atom. The highest BCUT2D eigenvalue weighted by atomic mass is 35.5. The summed E-state index contributed by atoms with van der Waals surface area (Å²) in [7, 11) is 1.02. The molecule has 7 nitrogen and oxygen atoms in total. The molecule has 20 heavy (non-hydrogen) atoms. The molecule has 1 aliphatic heterocycles. The van der Waals surface area contributed by atoms with Crippen molar-refractivity contribution in [1.29, 1.82) is 0 Å². The van der Waals surface area contributed by atoms with Gasteiger partial charge in [-0.1, -0.05) is 0 Å². The second-order valence-corrected chi connectivity index (χ2v) is 6.36. The normalized spacial score (nSPS) is 16.6. The van der Waals surface area contributed by atoms with Crippen molar-refractivity contribution in [2.24, 2.45) is 0 Å². The number of halogens is 1. The lowest BCUT2D eigenvalue weighted by atomic mass is 10.3. The topological polar surface area (TPSA) is 83.9 Å². The minimum absolute atomic E-state index is 0.158. The summed E-state index contributed by atoms with van der Waals surface area (Å²) in [6.07, 6.45) is 1.47. The summed E-state index contributed by atoms with van der Waals surface area (Å²) in [6, 6.07) is 0. The Kier molecular flexibility index (Phi) is 3.66. The van der Waals surface area contributed by atoms with Crippen LogP contribution in [0.5, 0.6) is 0 Å². The lowest BCUT2D eigenvalue weighted by Gasteiger charge is -2.27. The molecule has 3 rings (SSSR count). The van der Waals surface area contributed by atoms with Crippen LogP contribution in [0.2, 0.25) is 5.28 Å². The van der Waals surface area contributed by atoms with Crippen molar-refractivity contribution < 1.29 is 4.21 Å². The second-order valence-electron chi connectivity index (χ2n) is 4.32. The molecule has 1 saturated heterocycles. The molecule has 0 saturated carbocycles. The maximum absolute atomic E-state index is 11.5. The molecule has 1 fully saturated rings. The number of fused-ring (bicyclic) bond motifs is 1. The molecule has 0 amide bonds. The van der Waals surface area contributed by atoms with Crippen molar-refractivity contribution in [1.82, 2.24) is 19.9 Å². The molecule has 0 atom stereocenters. The third kappa shape index (κ3) is 2.40. The molecule has 2 aromatic rings. The number of hydrogen-bond acceptors (Lipinski definition) is 7. The van der Waals surface area contributed by atoms with E-state index in [1.54, 1.807) is 7.05 Å². The van der Waals surface area contributed by atoms with E-state index in [0.29, 0.717) is 47.3 Å². The first kappa shape index (κ1) is 13.4. The Labute approximate surface area is 123 Å². The predicted molar refractivity (Wildman–Crippen MR) is 79.8 cm³/mol. The summed E-state index contributed by atoms with van der Waals surface area (Å²) in [4.78, 5) is 18.9. The second kappa shape index (κ2) is 5.45. The minimum atomic E-state index is -0.743. The molecular weight excluding hydrogens is 300 g/mol. The monoisotopic (exact) mass is 312 g/mol. The summed E-state index contributed by atoms with van der Waals surface area (Å²) in [5.74, 6) is 2.55. The molecule has 9 heteroatoms. The zero-order chi connectivity index (χ0) is 14.1. The van der Waals surface area contributed by atoms with Crippen LogP contribution in [-0.4, -0.2) is 55.8 Å². The fourth-order valence-electron chi connectivity index (χ4n) is 2.16. The van der Waals surface area contributed by atoms with E-state index in [4.69, 9.17) is 11.6 Å². The fourth-order valence-corrected chi connectivity index (χ4v) is 3.38. The summed E-state index contributed by atoms with van der Waals surface area (Å²) in [5.41, 5.74) is 1.25. The van der Waals surface area contributed by atoms with Gasteiger partial charge in [-0.25, -0.2) is 15.0 Å². The molecule has 0 spiro atoms. The SMILES string of the molecule is CNc1ncnc2c(N3CCS(=O)CC3)nc(Cl)nc12. The van der Waals surface area contributed by atoms with Gasteiger partial charge in [-0.3, -0.25) is 4.21 Å². The van der Waals surface area contributed by atoms with Crippen LogP contribution < -0.4 is 10.2 Å². The van der Waals surface area contributed by atoms with Crippen LogP contribution in [0.1, 0.15) is 0 Å². The smallest absolute Gasteiger partial charge is 0.225 e. The zero-order valence-electron chi connectivity index (χ0n) is 10.8. The molecule has 0 aromatic carbocycles. The number of rotatable bonds is 2. The third-order valence-electron chi connectivity index (χ3n) is 3.15. The summed E-state index contributed by atoms with van der Waals surface area (Å²) >= 11 is 6.01. The van der Waals surface area contributed by atoms with Crippen molar-refractivity contribution >= 4 is 45.1 Å². The maximum Gasteiger partial charge on any atom is 0.225 e. The molecule has 1 N–H and O–H groups in total. The van der Waals surface area contributed by atoms with Gasteiger partial charge in [0.15, 0.2) is 11.6 Å². The Balaban J connectivity index is 2.12. The van der Waals surface area contributed by atoms with E-state index in [-0.39, 0.29) is 5.28 Å². The number of anilines is 2. The van der Waals surface area contributed by atoms with Gasteiger partial charge in [0.05, 0.1) is 0 Å². The first-order valence-electron chi connectivity index (χ1n) is 6.15. The van der Waals surface area contributed by atoms with Gasteiger partial charge in [-0.15, -0.1) is 0 Å². The van der Waals surface area contributed by atoms with Gasteiger partial charge in [0.1, 0.15) is 17.4 Å². The van der Waals surface area contributed by atoms with E-state index < -0.39 is 10.8 Å². The average Bonchev–Trinajstić information content (AvgIpc) is 2.46.